The van der Waals surface area contributed by atoms with Crippen LogP contribution >= 0.6 is 23.5 Å². The Kier molecular flexibility index (Phi) is 7.37. The van der Waals surface area contributed by atoms with Crippen molar-refractivity contribution in [1.82, 2.24) is 30.8 Å². The van der Waals surface area contributed by atoms with Crippen molar-refractivity contribution in [1.29, 1.82) is 0 Å². The number of amides is 2. The third kappa shape index (κ3) is 5.16. The van der Waals surface area contributed by atoms with Gasteiger partial charge in [0, 0.05) is 17.5 Å². The summed E-state index contributed by atoms with van der Waals surface area (Å²) in [7, 11) is 0. The molecule has 1 aromatic carbocycles. The van der Waals surface area contributed by atoms with E-state index in [1.54, 1.807) is 12.1 Å². The quantitative estimate of drug-likeness (QED) is 0.200. The lowest BCUT2D eigenvalue weighted by Gasteiger charge is -2.50. The van der Waals surface area contributed by atoms with E-state index in [9.17, 15) is 29.4 Å². The van der Waals surface area contributed by atoms with Crippen LogP contribution in [0.4, 0.5) is 0 Å². The van der Waals surface area contributed by atoms with Crippen LogP contribution in [0.3, 0.4) is 0 Å². The summed E-state index contributed by atoms with van der Waals surface area (Å²) in [6, 6.07) is 6.33. The molecule has 0 bridgehead atoms. The molecule has 0 saturated carbocycles. The lowest BCUT2D eigenvalue weighted by Crippen LogP contribution is -2.70. The van der Waals surface area contributed by atoms with Gasteiger partial charge in [0.25, 0.3) is 5.91 Å². The summed E-state index contributed by atoms with van der Waals surface area (Å²) in [5.74, 6) is -3.30. The van der Waals surface area contributed by atoms with Gasteiger partial charge in [-0.3, -0.25) is 19.3 Å². The number of rotatable bonds is 10. The maximum atomic E-state index is 12.9. The minimum absolute atomic E-state index is 0.0312. The number of hydrogen-bond acceptors (Lipinski definition) is 10. The molecule has 2 unspecified atom stereocenters. The number of aromatic nitrogens is 4. The van der Waals surface area contributed by atoms with Gasteiger partial charge in [0.05, 0.1) is 12.8 Å². The topological polar surface area (TPSA) is 204 Å². The second-order valence-electron chi connectivity index (χ2n) is 7.68. The molecule has 1 aromatic heterocycles. The number of carboxylic acids is 2. The maximum Gasteiger partial charge on any atom is 0.352 e. The summed E-state index contributed by atoms with van der Waals surface area (Å²) in [4.78, 5) is 50.3. The molecule has 0 radical (unpaired) electrons. The predicted octanol–water partition coefficient (Wildman–Crippen LogP) is -0.425. The SMILES string of the molecule is NCc1ccccc1CC(=O)NC1C(=O)N2C(C(=O)O)=C(C(CC(=O)O)Sc3nn[nH]n3)CS[C@@H]12. The average Bonchev–Trinajstić information content (AvgIpc) is 3.34. The highest BCUT2D eigenvalue weighted by Gasteiger charge is 2.55. The number of aliphatic carboxylic acids is 2. The predicted molar refractivity (Wildman–Crippen MR) is 124 cm³/mol. The zero-order valence-electron chi connectivity index (χ0n) is 18.1. The molecule has 0 aliphatic carbocycles. The Hall–Kier alpha value is -3.43. The maximum absolute atomic E-state index is 12.9. The van der Waals surface area contributed by atoms with Gasteiger partial charge in [-0.2, -0.15) is 5.21 Å². The molecule has 0 spiro atoms. The van der Waals surface area contributed by atoms with E-state index >= 15 is 0 Å². The van der Waals surface area contributed by atoms with Crippen LogP contribution in [0.1, 0.15) is 17.5 Å². The number of H-pyrrole nitrogens is 1. The van der Waals surface area contributed by atoms with Crippen LogP contribution in [-0.2, 0) is 32.1 Å². The number of thioether (sulfide) groups is 2. The fourth-order valence-corrected chi connectivity index (χ4v) is 6.47. The number of benzene rings is 1. The van der Waals surface area contributed by atoms with Crippen molar-refractivity contribution in [3.05, 3.63) is 46.7 Å². The molecule has 35 heavy (non-hydrogen) atoms. The van der Waals surface area contributed by atoms with Crippen molar-refractivity contribution in [3.8, 4) is 0 Å². The summed E-state index contributed by atoms with van der Waals surface area (Å²) in [5, 5.41) is 33.9. The first-order chi connectivity index (χ1) is 16.8. The lowest BCUT2D eigenvalue weighted by atomic mass is 9.99. The summed E-state index contributed by atoms with van der Waals surface area (Å²) >= 11 is 2.20. The van der Waals surface area contributed by atoms with Gasteiger partial charge < -0.3 is 21.3 Å². The van der Waals surface area contributed by atoms with E-state index in [0.29, 0.717) is 0 Å². The second kappa shape index (κ2) is 10.5. The highest BCUT2D eigenvalue weighted by atomic mass is 32.2. The van der Waals surface area contributed by atoms with Gasteiger partial charge in [-0.15, -0.1) is 22.0 Å². The van der Waals surface area contributed by atoms with Crippen molar-refractivity contribution in [3.63, 3.8) is 0 Å². The van der Waals surface area contributed by atoms with Gasteiger partial charge in [-0.25, -0.2) is 4.79 Å². The van der Waals surface area contributed by atoms with Crippen molar-refractivity contribution in [2.75, 3.05) is 5.75 Å². The molecular formula is C20H21N7O6S2. The third-order valence-corrected chi connectivity index (χ3v) is 7.95. The molecule has 184 valence electrons. The Morgan fingerprint density at radius 1 is 1.29 bits per heavy atom. The average molecular weight is 520 g/mol. The summed E-state index contributed by atoms with van der Waals surface area (Å²) in [5.41, 5.74) is 7.28. The minimum atomic E-state index is -1.36. The number of aromatic amines is 1. The number of nitrogens with two attached hydrogens (primary N) is 1. The van der Waals surface area contributed by atoms with Crippen LogP contribution < -0.4 is 11.1 Å². The van der Waals surface area contributed by atoms with E-state index in [2.05, 4.69) is 25.9 Å². The lowest BCUT2D eigenvalue weighted by molar-refractivity contribution is -0.150. The smallest absolute Gasteiger partial charge is 0.352 e. The highest BCUT2D eigenvalue weighted by molar-refractivity contribution is 8.01. The van der Waals surface area contributed by atoms with E-state index in [0.717, 1.165) is 27.8 Å². The number of carbonyl (C=O) groups excluding carboxylic acids is 2. The van der Waals surface area contributed by atoms with Crippen LogP contribution in [0.2, 0.25) is 0 Å². The summed E-state index contributed by atoms with van der Waals surface area (Å²) < 4.78 is 0. The fourth-order valence-electron chi connectivity index (χ4n) is 3.94. The number of nitrogens with zero attached hydrogens (tertiary/aromatic N) is 4. The van der Waals surface area contributed by atoms with Gasteiger partial charge in [0.1, 0.15) is 17.1 Å². The van der Waals surface area contributed by atoms with Crippen LogP contribution in [0.25, 0.3) is 0 Å². The van der Waals surface area contributed by atoms with E-state index in [-0.39, 0.29) is 41.1 Å². The normalized spacial score (nSPS) is 20.1. The molecule has 3 atom stereocenters. The van der Waals surface area contributed by atoms with E-state index < -0.39 is 40.9 Å². The number of hydrogen-bond donors (Lipinski definition) is 5. The second-order valence-corrected chi connectivity index (χ2v) is 9.96. The van der Waals surface area contributed by atoms with Gasteiger partial charge in [0.15, 0.2) is 0 Å². The molecule has 2 aliphatic heterocycles. The fraction of sp³-hybridized carbons (Fsp3) is 0.350. The number of carbonyl (C=O) groups is 4. The molecule has 2 aliphatic rings. The molecule has 1 saturated heterocycles. The van der Waals surface area contributed by atoms with Gasteiger partial charge in [0.2, 0.25) is 11.1 Å². The van der Waals surface area contributed by atoms with Gasteiger partial charge in [-0.1, -0.05) is 36.0 Å². The molecule has 6 N–H and O–H groups in total. The number of tetrazole rings is 1. The van der Waals surface area contributed by atoms with Crippen molar-refractivity contribution < 1.29 is 29.4 Å². The van der Waals surface area contributed by atoms with Gasteiger partial charge in [-0.05, 0) is 21.9 Å². The summed E-state index contributed by atoms with van der Waals surface area (Å²) in [6.07, 6.45) is -0.372. The summed E-state index contributed by atoms with van der Waals surface area (Å²) in [6.45, 7) is 0.271. The van der Waals surface area contributed by atoms with E-state index in [4.69, 9.17) is 5.73 Å². The first-order valence-electron chi connectivity index (χ1n) is 10.4. The first-order valence-corrected chi connectivity index (χ1v) is 12.3. The van der Waals surface area contributed by atoms with Crippen molar-refractivity contribution in [2.45, 2.75) is 41.2 Å². The van der Waals surface area contributed by atoms with Crippen LogP contribution in [0.15, 0.2) is 40.7 Å². The molecule has 3 heterocycles. The van der Waals surface area contributed by atoms with E-state index in [1.807, 2.05) is 12.1 Å². The third-order valence-electron chi connectivity index (χ3n) is 5.53. The largest absolute Gasteiger partial charge is 0.481 e. The zero-order chi connectivity index (χ0) is 25.1. The first kappa shape index (κ1) is 24.7. The Morgan fingerprint density at radius 3 is 2.66 bits per heavy atom. The van der Waals surface area contributed by atoms with Crippen molar-refractivity contribution >= 4 is 47.3 Å². The highest BCUT2D eigenvalue weighted by Crippen LogP contribution is 2.44. The van der Waals surface area contributed by atoms with E-state index in [1.165, 1.54) is 11.8 Å². The van der Waals surface area contributed by atoms with Crippen LogP contribution in [0, 0.1) is 0 Å². The molecule has 15 heteroatoms. The molecule has 2 amide bonds. The Balaban J connectivity index is 1.53. The minimum Gasteiger partial charge on any atom is -0.481 e. The molecule has 2 aromatic rings. The number of nitrogens with one attached hydrogen (secondary N) is 2. The van der Waals surface area contributed by atoms with Crippen LogP contribution in [0.5, 0.6) is 0 Å². The molecule has 1 fully saturated rings. The van der Waals surface area contributed by atoms with Crippen LogP contribution in [-0.4, -0.2) is 81.9 Å². The monoisotopic (exact) mass is 519 g/mol. The molecule has 4 rings (SSSR count). The Labute approximate surface area is 206 Å². The zero-order valence-corrected chi connectivity index (χ0v) is 19.7. The number of fused-ring (bicyclic) bond motifs is 1. The number of β-lactam (4-membered cyclic amide) rings is 1. The molecule has 13 nitrogen and oxygen atoms in total. The van der Waals surface area contributed by atoms with Crippen molar-refractivity contribution in [2.24, 2.45) is 5.73 Å². The molecular weight excluding hydrogens is 498 g/mol. The number of carboxylic acid groups (broad SMARTS) is 2. The Bertz CT molecular complexity index is 1190. The standard InChI is InChI=1S/C20H21N7O6S2/c21-7-10-4-2-1-3-9(10)5-13(28)22-15-17(31)27-16(19(32)33)11(8-34-18(15)27)12(6-14(29)30)35-20-23-25-26-24-20/h1-4,12,15,18H,5-8,21H2,(H,22,28)(H,29,30)(H,32,33)(H,23,24,25,26)/t12?,15?,18-/m0/s1. The van der Waals surface area contributed by atoms with Gasteiger partial charge >= 0.3 is 11.9 Å². The Morgan fingerprint density at radius 2 is 2.03 bits per heavy atom.